The first-order valence-corrected chi connectivity index (χ1v) is 8.88. The van der Waals surface area contributed by atoms with Gasteiger partial charge in [0.2, 0.25) is 0 Å². The molecule has 7 heteroatoms. The molecule has 1 amide bonds. The van der Waals surface area contributed by atoms with Crippen molar-refractivity contribution in [3.05, 3.63) is 53.7 Å². The highest BCUT2D eigenvalue weighted by Gasteiger charge is 2.26. The Bertz CT molecular complexity index is 839. The number of nitrogens with zero attached hydrogens (tertiary/aromatic N) is 1. The number of nitrogens with one attached hydrogen (secondary N) is 2. The van der Waals surface area contributed by atoms with Crippen molar-refractivity contribution in [2.75, 3.05) is 0 Å². The van der Waals surface area contributed by atoms with Gasteiger partial charge in [-0.15, -0.1) is 0 Å². The van der Waals surface area contributed by atoms with Crippen LogP contribution in [0.3, 0.4) is 0 Å². The summed E-state index contributed by atoms with van der Waals surface area (Å²) in [7, 11) is 0. The monoisotopic (exact) mass is 366 g/mol. The quantitative estimate of drug-likeness (QED) is 0.477. The SMILES string of the molecule is N=C(N)c1ccc(-c2ccc(C(=O)N[C@H]3CC[C@H](C(=O)O)CC3)cc2)nc1. The van der Waals surface area contributed by atoms with E-state index in [-0.39, 0.29) is 23.7 Å². The number of pyridine rings is 1. The van der Waals surface area contributed by atoms with Crippen LogP contribution >= 0.6 is 0 Å². The van der Waals surface area contributed by atoms with Crippen molar-refractivity contribution < 1.29 is 14.7 Å². The van der Waals surface area contributed by atoms with Crippen LogP contribution in [0.1, 0.15) is 41.6 Å². The third-order valence-electron chi connectivity index (χ3n) is 4.93. The lowest BCUT2D eigenvalue weighted by Crippen LogP contribution is -2.38. The largest absolute Gasteiger partial charge is 0.481 e. The fraction of sp³-hybridized carbons (Fsp3) is 0.300. The van der Waals surface area contributed by atoms with Gasteiger partial charge in [-0.25, -0.2) is 0 Å². The summed E-state index contributed by atoms with van der Waals surface area (Å²) in [6.45, 7) is 0. The summed E-state index contributed by atoms with van der Waals surface area (Å²) in [6.07, 6.45) is 4.12. The zero-order valence-corrected chi connectivity index (χ0v) is 14.8. The highest BCUT2D eigenvalue weighted by atomic mass is 16.4. The Morgan fingerprint density at radius 3 is 2.19 bits per heavy atom. The van der Waals surface area contributed by atoms with Crippen LogP contribution < -0.4 is 11.1 Å². The number of aliphatic carboxylic acids is 1. The van der Waals surface area contributed by atoms with Crippen molar-refractivity contribution in [3.63, 3.8) is 0 Å². The maximum Gasteiger partial charge on any atom is 0.306 e. The maximum atomic E-state index is 12.4. The second-order valence-electron chi connectivity index (χ2n) is 6.78. The molecule has 1 heterocycles. The van der Waals surface area contributed by atoms with Crippen LogP contribution in [0.25, 0.3) is 11.3 Å². The molecule has 0 saturated heterocycles. The predicted octanol–water partition coefficient (Wildman–Crippen LogP) is 2.41. The van der Waals surface area contributed by atoms with Gasteiger partial charge in [0, 0.05) is 28.9 Å². The van der Waals surface area contributed by atoms with E-state index in [0.717, 1.165) is 11.3 Å². The normalized spacial score (nSPS) is 19.3. The third-order valence-corrected chi connectivity index (χ3v) is 4.93. The summed E-state index contributed by atoms with van der Waals surface area (Å²) in [6, 6.07) is 10.7. The number of benzene rings is 1. The molecule has 1 fully saturated rings. The van der Waals surface area contributed by atoms with Crippen LogP contribution in [-0.4, -0.2) is 33.8 Å². The number of carbonyl (C=O) groups excluding carboxylic acids is 1. The zero-order valence-electron chi connectivity index (χ0n) is 14.8. The number of carboxylic acid groups (broad SMARTS) is 1. The van der Waals surface area contributed by atoms with Crippen LogP contribution in [0.4, 0.5) is 0 Å². The molecular formula is C20H22N4O3. The number of hydrogen-bond acceptors (Lipinski definition) is 4. The number of amides is 1. The van der Waals surface area contributed by atoms with Crippen LogP contribution in [0, 0.1) is 11.3 Å². The summed E-state index contributed by atoms with van der Waals surface area (Å²) in [5.41, 5.74) is 8.14. The first kappa shape index (κ1) is 18.6. The molecule has 3 rings (SSSR count). The number of aromatic nitrogens is 1. The summed E-state index contributed by atoms with van der Waals surface area (Å²) < 4.78 is 0. The molecule has 0 unspecified atom stereocenters. The van der Waals surface area contributed by atoms with Gasteiger partial charge in [-0.3, -0.25) is 20.0 Å². The molecule has 1 aliphatic carbocycles. The number of nitrogen functional groups attached to an aromatic ring is 1. The van der Waals surface area contributed by atoms with Gasteiger partial charge in [-0.05, 0) is 49.9 Å². The highest BCUT2D eigenvalue weighted by Crippen LogP contribution is 2.25. The summed E-state index contributed by atoms with van der Waals surface area (Å²) in [5.74, 6) is -1.22. The molecule has 0 aliphatic heterocycles. The van der Waals surface area contributed by atoms with Crippen LogP contribution in [-0.2, 0) is 4.79 Å². The molecule has 0 atom stereocenters. The Hall–Kier alpha value is -3.22. The van der Waals surface area contributed by atoms with E-state index >= 15 is 0 Å². The van der Waals surface area contributed by atoms with E-state index in [1.807, 2.05) is 12.1 Å². The Labute approximate surface area is 157 Å². The lowest BCUT2D eigenvalue weighted by Gasteiger charge is -2.26. The molecule has 7 nitrogen and oxygen atoms in total. The summed E-state index contributed by atoms with van der Waals surface area (Å²) >= 11 is 0. The summed E-state index contributed by atoms with van der Waals surface area (Å²) in [5, 5.41) is 19.4. The van der Waals surface area contributed by atoms with E-state index in [4.69, 9.17) is 16.2 Å². The predicted molar refractivity (Wildman–Crippen MR) is 102 cm³/mol. The zero-order chi connectivity index (χ0) is 19.4. The van der Waals surface area contributed by atoms with Crippen molar-refractivity contribution >= 4 is 17.7 Å². The van der Waals surface area contributed by atoms with Crippen LogP contribution in [0.2, 0.25) is 0 Å². The van der Waals surface area contributed by atoms with Crippen molar-refractivity contribution in [1.82, 2.24) is 10.3 Å². The van der Waals surface area contributed by atoms with Gasteiger partial charge < -0.3 is 16.2 Å². The minimum absolute atomic E-state index is 0.0218. The van der Waals surface area contributed by atoms with Crippen LogP contribution in [0.5, 0.6) is 0 Å². The number of carboxylic acids is 1. The number of amidine groups is 1. The topological polar surface area (TPSA) is 129 Å². The van der Waals surface area contributed by atoms with Gasteiger partial charge in [0.1, 0.15) is 5.84 Å². The second kappa shape index (κ2) is 7.99. The number of rotatable bonds is 5. The fourth-order valence-electron chi connectivity index (χ4n) is 3.27. The first-order valence-electron chi connectivity index (χ1n) is 8.88. The van der Waals surface area contributed by atoms with Gasteiger partial charge in [-0.1, -0.05) is 12.1 Å². The maximum absolute atomic E-state index is 12.4. The van der Waals surface area contributed by atoms with Gasteiger partial charge in [0.15, 0.2) is 0 Å². The van der Waals surface area contributed by atoms with Crippen molar-refractivity contribution in [2.45, 2.75) is 31.7 Å². The third kappa shape index (κ3) is 4.49. The average Bonchev–Trinajstić information content (AvgIpc) is 2.68. The Morgan fingerprint density at radius 2 is 1.67 bits per heavy atom. The lowest BCUT2D eigenvalue weighted by atomic mass is 9.86. The van der Waals surface area contributed by atoms with Crippen molar-refractivity contribution in [1.29, 1.82) is 5.41 Å². The molecule has 1 saturated carbocycles. The number of carbonyl (C=O) groups is 2. The molecule has 0 radical (unpaired) electrons. The van der Waals surface area contributed by atoms with E-state index in [9.17, 15) is 9.59 Å². The minimum Gasteiger partial charge on any atom is -0.481 e. The number of nitrogens with two attached hydrogens (primary N) is 1. The average molecular weight is 366 g/mol. The molecular weight excluding hydrogens is 344 g/mol. The molecule has 0 bridgehead atoms. The van der Waals surface area contributed by atoms with Gasteiger partial charge in [0.05, 0.1) is 11.6 Å². The summed E-state index contributed by atoms with van der Waals surface area (Å²) in [4.78, 5) is 27.7. The first-order chi connectivity index (χ1) is 12.9. The Morgan fingerprint density at radius 1 is 1.04 bits per heavy atom. The molecule has 1 aromatic carbocycles. The smallest absolute Gasteiger partial charge is 0.306 e. The van der Waals surface area contributed by atoms with E-state index in [1.54, 1.807) is 30.5 Å². The minimum atomic E-state index is -0.750. The van der Waals surface area contributed by atoms with Gasteiger partial charge >= 0.3 is 5.97 Å². The fourth-order valence-corrected chi connectivity index (χ4v) is 3.27. The second-order valence-corrected chi connectivity index (χ2v) is 6.78. The van der Waals surface area contributed by atoms with E-state index in [1.165, 1.54) is 0 Å². The Kier molecular flexibility index (Phi) is 5.49. The molecule has 140 valence electrons. The highest BCUT2D eigenvalue weighted by molar-refractivity contribution is 5.95. The molecule has 2 aromatic rings. The van der Waals surface area contributed by atoms with E-state index < -0.39 is 5.97 Å². The van der Waals surface area contributed by atoms with E-state index in [2.05, 4.69) is 10.3 Å². The molecule has 0 spiro atoms. The lowest BCUT2D eigenvalue weighted by molar-refractivity contribution is -0.142. The van der Waals surface area contributed by atoms with Gasteiger partial charge in [-0.2, -0.15) is 0 Å². The molecule has 1 aliphatic rings. The molecule has 27 heavy (non-hydrogen) atoms. The van der Waals surface area contributed by atoms with E-state index in [0.29, 0.717) is 36.8 Å². The molecule has 1 aromatic heterocycles. The van der Waals surface area contributed by atoms with Crippen molar-refractivity contribution in [3.8, 4) is 11.3 Å². The molecule has 5 N–H and O–H groups in total. The van der Waals surface area contributed by atoms with Crippen molar-refractivity contribution in [2.24, 2.45) is 11.7 Å². The van der Waals surface area contributed by atoms with Gasteiger partial charge in [0.25, 0.3) is 5.91 Å². The standard InChI is InChI=1S/C20H22N4O3/c21-18(22)15-7-10-17(23-11-15)12-1-3-13(4-2-12)19(25)24-16-8-5-14(6-9-16)20(26)27/h1-4,7,10-11,14,16H,5-6,8-9H2,(H3,21,22)(H,24,25)(H,26,27)/t14-,16-. The van der Waals surface area contributed by atoms with Crippen LogP contribution in [0.15, 0.2) is 42.6 Å². The number of hydrogen-bond donors (Lipinski definition) is 4. The Balaban J connectivity index is 1.60.